The second kappa shape index (κ2) is 3.62. The van der Waals surface area contributed by atoms with Crippen molar-refractivity contribution >= 4 is 17.6 Å². The van der Waals surface area contributed by atoms with E-state index in [1.807, 2.05) is 30.7 Å². The zero-order valence-electron chi connectivity index (χ0n) is 8.94. The lowest BCUT2D eigenvalue weighted by atomic mass is 10.2. The summed E-state index contributed by atoms with van der Waals surface area (Å²) >= 11 is 1.45. The van der Waals surface area contributed by atoms with Gasteiger partial charge in [0.05, 0.1) is 10.6 Å². The average molecular weight is 220 g/mol. The molecule has 3 nitrogen and oxygen atoms in total. The van der Waals surface area contributed by atoms with Gasteiger partial charge in [-0.3, -0.25) is 4.79 Å². The van der Waals surface area contributed by atoms with E-state index in [-0.39, 0.29) is 0 Å². The predicted octanol–water partition coefficient (Wildman–Crippen LogP) is 2.67. The quantitative estimate of drug-likeness (QED) is 0.729. The molecule has 0 atom stereocenters. The van der Waals surface area contributed by atoms with Crippen LogP contribution in [-0.4, -0.2) is 16.1 Å². The van der Waals surface area contributed by atoms with E-state index in [0.29, 0.717) is 0 Å². The maximum Gasteiger partial charge on any atom is 0.160 e. The standard InChI is InChI=1S/C11H12N2OS/c1-7-8(2)12-13(9(7)3)11-5-4-10(6-14)15-11/h4-6H,1-3H3. The first kappa shape index (κ1) is 10.1. The van der Waals surface area contributed by atoms with E-state index in [0.717, 1.165) is 27.6 Å². The maximum atomic E-state index is 10.6. The topological polar surface area (TPSA) is 34.9 Å². The van der Waals surface area contributed by atoms with E-state index >= 15 is 0 Å². The Labute approximate surface area is 92.4 Å². The van der Waals surface area contributed by atoms with Gasteiger partial charge in [0.15, 0.2) is 6.29 Å². The van der Waals surface area contributed by atoms with Crippen molar-refractivity contribution in [1.82, 2.24) is 9.78 Å². The fourth-order valence-corrected chi connectivity index (χ4v) is 2.28. The van der Waals surface area contributed by atoms with Gasteiger partial charge in [-0.1, -0.05) is 0 Å². The number of hydrogen-bond acceptors (Lipinski definition) is 3. The van der Waals surface area contributed by atoms with Gasteiger partial charge in [0.2, 0.25) is 0 Å². The molecular weight excluding hydrogens is 208 g/mol. The minimum atomic E-state index is 0.732. The first-order chi connectivity index (χ1) is 7.13. The summed E-state index contributed by atoms with van der Waals surface area (Å²) in [6, 6.07) is 3.74. The van der Waals surface area contributed by atoms with Crippen LogP contribution in [0.15, 0.2) is 12.1 Å². The lowest BCUT2D eigenvalue weighted by Gasteiger charge is -1.99. The SMILES string of the molecule is Cc1nn(-c2ccc(C=O)s2)c(C)c1C. The minimum absolute atomic E-state index is 0.732. The van der Waals surface area contributed by atoms with Crippen LogP contribution in [0.2, 0.25) is 0 Å². The Hall–Kier alpha value is -1.42. The summed E-state index contributed by atoms with van der Waals surface area (Å²) < 4.78 is 1.89. The first-order valence-electron chi connectivity index (χ1n) is 4.71. The van der Waals surface area contributed by atoms with Gasteiger partial charge >= 0.3 is 0 Å². The van der Waals surface area contributed by atoms with Crippen molar-refractivity contribution < 1.29 is 4.79 Å². The molecule has 0 amide bonds. The molecule has 2 aromatic heterocycles. The fraction of sp³-hybridized carbons (Fsp3) is 0.273. The highest BCUT2D eigenvalue weighted by atomic mass is 32.1. The van der Waals surface area contributed by atoms with Crippen LogP contribution in [-0.2, 0) is 0 Å². The molecule has 0 radical (unpaired) electrons. The fourth-order valence-electron chi connectivity index (χ4n) is 1.45. The number of carbonyl (C=O) groups is 1. The molecule has 0 saturated heterocycles. The molecular formula is C11H12N2OS. The van der Waals surface area contributed by atoms with E-state index in [2.05, 4.69) is 12.0 Å². The summed E-state index contributed by atoms with van der Waals surface area (Å²) in [6.45, 7) is 6.09. The number of aldehydes is 1. The van der Waals surface area contributed by atoms with Gasteiger partial charge in [0.1, 0.15) is 5.00 Å². The molecule has 0 saturated carbocycles. The van der Waals surface area contributed by atoms with Gasteiger partial charge in [0.25, 0.3) is 0 Å². The van der Waals surface area contributed by atoms with Crippen molar-refractivity contribution in [2.24, 2.45) is 0 Å². The predicted molar refractivity (Wildman–Crippen MR) is 61.0 cm³/mol. The van der Waals surface area contributed by atoms with E-state index in [1.165, 1.54) is 16.9 Å². The summed E-state index contributed by atoms with van der Waals surface area (Å²) in [5.41, 5.74) is 3.37. The van der Waals surface area contributed by atoms with Crippen LogP contribution in [0.1, 0.15) is 26.6 Å². The third-order valence-corrected chi connectivity index (χ3v) is 3.58. The highest BCUT2D eigenvalue weighted by molar-refractivity contribution is 7.16. The van der Waals surface area contributed by atoms with Crippen molar-refractivity contribution in [3.05, 3.63) is 34.0 Å². The van der Waals surface area contributed by atoms with E-state index in [9.17, 15) is 4.79 Å². The lowest BCUT2D eigenvalue weighted by Crippen LogP contribution is -1.95. The number of nitrogens with zero attached hydrogens (tertiary/aromatic N) is 2. The lowest BCUT2D eigenvalue weighted by molar-refractivity contribution is 0.112. The van der Waals surface area contributed by atoms with E-state index in [1.54, 1.807) is 0 Å². The summed E-state index contributed by atoms with van der Waals surface area (Å²) in [5, 5.41) is 5.43. The summed E-state index contributed by atoms with van der Waals surface area (Å²) in [7, 11) is 0. The van der Waals surface area contributed by atoms with Crippen molar-refractivity contribution in [2.45, 2.75) is 20.8 Å². The second-order valence-electron chi connectivity index (χ2n) is 3.50. The molecule has 2 heterocycles. The molecule has 0 aromatic carbocycles. The summed E-state index contributed by atoms with van der Waals surface area (Å²) in [4.78, 5) is 11.3. The van der Waals surface area contributed by atoms with Gasteiger partial charge in [0, 0.05) is 5.69 Å². The molecule has 0 aliphatic rings. The zero-order valence-corrected chi connectivity index (χ0v) is 9.76. The Morgan fingerprint density at radius 3 is 2.53 bits per heavy atom. The molecule has 0 N–H and O–H groups in total. The molecule has 0 fully saturated rings. The van der Waals surface area contributed by atoms with Gasteiger partial charge in [-0.2, -0.15) is 5.10 Å². The highest BCUT2D eigenvalue weighted by Crippen LogP contribution is 2.22. The number of aromatic nitrogens is 2. The van der Waals surface area contributed by atoms with Crippen molar-refractivity contribution in [3.8, 4) is 5.00 Å². The molecule has 2 aromatic rings. The Morgan fingerprint density at radius 1 is 1.33 bits per heavy atom. The third-order valence-electron chi connectivity index (χ3n) is 2.59. The smallest absolute Gasteiger partial charge is 0.160 e. The zero-order chi connectivity index (χ0) is 11.0. The van der Waals surface area contributed by atoms with Crippen LogP contribution in [0.25, 0.3) is 5.00 Å². The number of rotatable bonds is 2. The Morgan fingerprint density at radius 2 is 2.07 bits per heavy atom. The highest BCUT2D eigenvalue weighted by Gasteiger charge is 2.10. The summed E-state index contributed by atoms with van der Waals surface area (Å²) in [6.07, 6.45) is 0.868. The van der Waals surface area contributed by atoms with Crippen molar-refractivity contribution in [1.29, 1.82) is 0 Å². The number of hydrogen-bond donors (Lipinski definition) is 0. The van der Waals surface area contributed by atoms with Crippen LogP contribution in [0.4, 0.5) is 0 Å². The molecule has 0 unspecified atom stereocenters. The first-order valence-corrected chi connectivity index (χ1v) is 5.53. The van der Waals surface area contributed by atoms with Crippen LogP contribution < -0.4 is 0 Å². The Bertz CT molecular complexity index is 511. The van der Waals surface area contributed by atoms with E-state index < -0.39 is 0 Å². The molecule has 2 rings (SSSR count). The monoisotopic (exact) mass is 220 g/mol. The van der Waals surface area contributed by atoms with Gasteiger partial charge in [-0.05, 0) is 38.5 Å². The Kier molecular flexibility index (Phi) is 2.44. The molecule has 4 heteroatoms. The average Bonchev–Trinajstić information content (AvgIpc) is 2.79. The minimum Gasteiger partial charge on any atom is -0.297 e. The number of carbonyl (C=O) groups excluding carboxylic acids is 1. The maximum absolute atomic E-state index is 10.6. The normalized spacial score (nSPS) is 10.6. The van der Waals surface area contributed by atoms with Gasteiger partial charge < -0.3 is 0 Å². The molecule has 0 bridgehead atoms. The molecule has 0 aliphatic carbocycles. The molecule has 78 valence electrons. The van der Waals surface area contributed by atoms with Gasteiger partial charge in [-0.25, -0.2) is 4.68 Å². The van der Waals surface area contributed by atoms with Crippen LogP contribution >= 0.6 is 11.3 Å². The van der Waals surface area contributed by atoms with Crippen LogP contribution in [0, 0.1) is 20.8 Å². The van der Waals surface area contributed by atoms with Crippen molar-refractivity contribution in [3.63, 3.8) is 0 Å². The molecule has 0 aliphatic heterocycles. The number of aryl methyl sites for hydroxylation is 1. The summed E-state index contributed by atoms with van der Waals surface area (Å²) in [5.74, 6) is 0. The molecule has 0 spiro atoms. The van der Waals surface area contributed by atoms with Crippen molar-refractivity contribution in [2.75, 3.05) is 0 Å². The second-order valence-corrected chi connectivity index (χ2v) is 4.60. The molecule has 15 heavy (non-hydrogen) atoms. The van der Waals surface area contributed by atoms with Gasteiger partial charge in [-0.15, -0.1) is 11.3 Å². The largest absolute Gasteiger partial charge is 0.297 e. The van der Waals surface area contributed by atoms with Crippen LogP contribution in [0.5, 0.6) is 0 Å². The Balaban J connectivity index is 2.53. The van der Waals surface area contributed by atoms with E-state index in [4.69, 9.17) is 0 Å². The third kappa shape index (κ3) is 1.61. The number of thiophene rings is 1. The van der Waals surface area contributed by atoms with Crippen LogP contribution in [0.3, 0.4) is 0 Å².